The van der Waals surface area contributed by atoms with Crippen molar-refractivity contribution in [1.29, 1.82) is 0 Å². The molecule has 0 radical (unpaired) electrons. The van der Waals surface area contributed by atoms with E-state index in [2.05, 4.69) is 20.3 Å². The fraction of sp³-hybridized carbons (Fsp3) is 0.188. The topological polar surface area (TPSA) is 103 Å². The van der Waals surface area contributed by atoms with Crippen LogP contribution in [0.5, 0.6) is 0 Å². The third kappa shape index (κ3) is 3.37. The summed E-state index contributed by atoms with van der Waals surface area (Å²) in [6.07, 6.45) is 4.37. The van der Waals surface area contributed by atoms with Gasteiger partial charge in [0.25, 0.3) is 5.79 Å². The standard InChI is InChI=1S/C16H14N4O4/c1-16(2)23-14(21)10(15(22)24-16)9-19-12-6-8-18-13(20-12)11-5-3-4-7-17-11/h3-9H,1-2H3,(H,18,19,20). The van der Waals surface area contributed by atoms with E-state index in [-0.39, 0.29) is 5.57 Å². The minimum atomic E-state index is -1.27. The zero-order chi connectivity index (χ0) is 17.2. The van der Waals surface area contributed by atoms with Gasteiger partial charge in [-0.05, 0) is 18.2 Å². The number of esters is 2. The van der Waals surface area contributed by atoms with E-state index >= 15 is 0 Å². The van der Waals surface area contributed by atoms with Gasteiger partial charge >= 0.3 is 11.9 Å². The maximum atomic E-state index is 11.9. The second-order valence-corrected chi connectivity index (χ2v) is 5.36. The van der Waals surface area contributed by atoms with Gasteiger partial charge in [0.15, 0.2) is 11.4 Å². The Bertz CT molecular complexity index is 796. The number of hydrogen-bond donors (Lipinski definition) is 1. The fourth-order valence-electron chi connectivity index (χ4n) is 1.98. The molecule has 122 valence electrons. The van der Waals surface area contributed by atoms with Crippen molar-refractivity contribution in [1.82, 2.24) is 15.0 Å². The van der Waals surface area contributed by atoms with Gasteiger partial charge in [0, 0.05) is 32.4 Å². The highest BCUT2D eigenvalue weighted by Gasteiger charge is 2.38. The third-order valence-electron chi connectivity index (χ3n) is 3.03. The lowest BCUT2D eigenvalue weighted by atomic mass is 10.2. The molecule has 24 heavy (non-hydrogen) atoms. The highest BCUT2D eigenvalue weighted by atomic mass is 16.7. The molecule has 0 unspecified atom stereocenters. The van der Waals surface area contributed by atoms with Gasteiger partial charge in [-0.2, -0.15) is 0 Å². The number of nitrogens with zero attached hydrogens (tertiary/aromatic N) is 3. The van der Waals surface area contributed by atoms with Crippen molar-refractivity contribution in [2.45, 2.75) is 19.6 Å². The predicted octanol–water partition coefficient (Wildman–Crippen LogP) is 1.67. The van der Waals surface area contributed by atoms with Crippen LogP contribution in [0.1, 0.15) is 13.8 Å². The average Bonchev–Trinajstić information content (AvgIpc) is 2.54. The highest BCUT2D eigenvalue weighted by molar-refractivity contribution is 6.15. The second kappa shape index (κ2) is 6.07. The molecular weight excluding hydrogens is 312 g/mol. The summed E-state index contributed by atoms with van der Waals surface area (Å²) in [5.41, 5.74) is 0.361. The summed E-state index contributed by atoms with van der Waals surface area (Å²) >= 11 is 0. The smallest absolute Gasteiger partial charge is 0.350 e. The van der Waals surface area contributed by atoms with Crippen molar-refractivity contribution in [3.8, 4) is 11.5 Å². The third-order valence-corrected chi connectivity index (χ3v) is 3.03. The van der Waals surface area contributed by atoms with Gasteiger partial charge in [0.2, 0.25) is 0 Å². The normalized spacial score (nSPS) is 16.2. The predicted molar refractivity (Wildman–Crippen MR) is 83.2 cm³/mol. The molecule has 0 saturated carbocycles. The first-order valence-corrected chi connectivity index (χ1v) is 7.12. The summed E-state index contributed by atoms with van der Waals surface area (Å²) < 4.78 is 10.0. The molecule has 2 aromatic heterocycles. The number of aromatic nitrogens is 3. The maximum absolute atomic E-state index is 11.9. The SMILES string of the molecule is CC1(C)OC(=O)C(=CNc2ccnc(-c3ccccn3)n2)C(=O)O1. The monoisotopic (exact) mass is 326 g/mol. The summed E-state index contributed by atoms with van der Waals surface area (Å²) in [4.78, 5) is 36.3. The first kappa shape index (κ1) is 15.6. The Hall–Kier alpha value is -3.29. The van der Waals surface area contributed by atoms with Crippen LogP contribution in [0.25, 0.3) is 11.5 Å². The van der Waals surface area contributed by atoms with E-state index in [1.165, 1.54) is 20.0 Å². The van der Waals surface area contributed by atoms with Crippen LogP contribution in [-0.4, -0.2) is 32.7 Å². The van der Waals surface area contributed by atoms with Crippen molar-refractivity contribution in [2.24, 2.45) is 0 Å². The molecule has 8 heteroatoms. The van der Waals surface area contributed by atoms with Gasteiger partial charge in [0.1, 0.15) is 11.5 Å². The van der Waals surface area contributed by atoms with E-state index in [9.17, 15) is 9.59 Å². The van der Waals surface area contributed by atoms with Gasteiger partial charge in [-0.3, -0.25) is 4.98 Å². The van der Waals surface area contributed by atoms with Crippen molar-refractivity contribution < 1.29 is 19.1 Å². The number of hydrogen-bond acceptors (Lipinski definition) is 8. The largest absolute Gasteiger partial charge is 0.419 e. The molecule has 1 N–H and O–H groups in total. The van der Waals surface area contributed by atoms with Crippen LogP contribution in [0, 0.1) is 0 Å². The molecule has 0 atom stereocenters. The van der Waals surface area contributed by atoms with Crippen molar-refractivity contribution in [2.75, 3.05) is 5.32 Å². The van der Waals surface area contributed by atoms with Gasteiger partial charge in [-0.25, -0.2) is 19.6 Å². The summed E-state index contributed by atoms with van der Waals surface area (Å²) in [5, 5.41) is 2.77. The molecule has 2 aromatic rings. The van der Waals surface area contributed by atoms with Crippen LogP contribution >= 0.6 is 0 Å². The van der Waals surface area contributed by atoms with E-state index in [1.807, 2.05) is 6.07 Å². The average molecular weight is 326 g/mol. The van der Waals surface area contributed by atoms with E-state index < -0.39 is 17.7 Å². The summed E-state index contributed by atoms with van der Waals surface area (Å²) in [5.74, 6) is -1.99. The Balaban J connectivity index is 1.80. The molecule has 0 amide bonds. The van der Waals surface area contributed by atoms with Gasteiger partial charge < -0.3 is 14.8 Å². The zero-order valence-electron chi connectivity index (χ0n) is 13.0. The fourth-order valence-corrected chi connectivity index (χ4v) is 1.98. The zero-order valence-corrected chi connectivity index (χ0v) is 13.0. The van der Waals surface area contributed by atoms with E-state index in [0.29, 0.717) is 17.3 Å². The number of carbonyl (C=O) groups excluding carboxylic acids is 2. The van der Waals surface area contributed by atoms with Crippen LogP contribution in [-0.2, 0) is 19.1 Å². The van der Waals surface area contributed by atoms with E-state index in [0.717, 1.165) is 0 Å². The minimum absolute atomic E-state index is 0.243. The molecule has 3 heterocycles. The Kier molecular flexibility index (Phi) is 3.95. The molecular formula is C16H14N4O4. The van der Waals surface area contributed by atoms with Crippen LogP contribution in [0.15, 0.2) is 48.4 Å². The molecule has 8 nitrogen and oxygen atoms in total. The molecule has 0 aliphatic carbocycles. The van der Waals surface area contributed by atoms with Crippen LogP contribution < -0.4 is 5.32 Å². The number of rotatable bonds is 3. The number of anilines is 1. The lowest BCUT2D eigenvalue weighted by Gasteiger charge is -2.29. The van der Waals surface area contributed by atoms with Crippen LogP contribution in [0.4, 0.5) is 5.82 Å². The Morgan fingerprint density at radius 2 is 1.79 bits per heavy atom. The molecule has 1 saturated heterocycles. The molecule has 1 fully saturated rings. The van der Waals surface area contributed by atoms with E-state index in [4.69, 9.17) is 9.47 Å². The molecule has 0 bridgehead atoms. The number of cyclic esters (lactones) is 2. The number of carbonyl (C=O) groups is 2. The van der Waals surface area contributed by atoms with Crippen LogP contribution in [0.3, 0.4) is 0 Å². The van der Waals surface area contributed by atoms with Gasteiger partial charge in [-0.15, -0.1) is 0 Å². The van der Waals surface area contributed by atoms with Gasteiger partial charge in [-0.1, -0.05) is 6.07 Å². The maximum Gasteiger partial charge on any atom is 0.350 e. The molecule has 3 rings (SSSR count). The summed E-state index contributed by atoms with van der Waals surface area (Å²) in [7, 11) is 0. The summed E-state index contributed by atoms with van der Waals surface area (Å²) in [6, 6.07) is 6.98. The van der Waals surface area contributed by atoms with E-state index in [1.54, 1.807) is 30.6 Å². The van der Waals surface area contributed by atoms with Crippen molar-refractivity contribution in [3.63, 3.8) is 0 Å². The Labute approximate surface area is 137 Å². The Morgan fingerprint density at radius 1 is 1.04 bits per heavy atom. The first-order valence-electron chi connectivity index (χ1n) is 7.12. The molecule has 1 aliphatic heterocycles. The number of ether oxygens (including phenoxy) is 2. The molecule has 1 aliphatic rings. The lowest BCUT2D eigenvalue weighted by Crippen LogP contribution is -2.42. The highest BCUT2D eigenvalue weighted by Crippen LogP contribution is 2.22. The van der Waals surface area contributed by atoms with Crippen molar-refractivity contribution >= 4 is 17.8 Å². The first-order chi connectivity index (χ1) is 11.4. The second-order valence-electron chi connectivity index (χ2n) is 5.36. The van der Waals surface area contributed by atoms with Crippen molar-refractivity contribution in [3.05, 3.63) is 48.4 Å². The number of nitrogens with one attached hydrogen (secondary N) is 1. The number of pyridine rings is 1. The quantitative estimate of drug-likeness (QED) is 0.516. The van der Waals surface area contributed by atoms with Crippen LogP contribution in [0.2, 0.25) is 0 Å². The van der Waals surface area contributed by atoms with Gasteiger partial charge in [0.05, 0.1) is 0 Å². The minimum Gasteiger partial charge on any atom is -0.419 e. The molecule has 0 spiro atoms. The lowest BCUT2D eigenvalue weighted by molar-refractivity contribution is -0.222. The molecule has 0 aromatic carbocycles. The Morgan fingerprint density at radius 3 is 2.46 bits per heavy atom. The summed E-state index contributed by atoms with van der Waals surface area (Å²) in [6.45, 7) is 2.97.